The van der Waals surface area contributed by atoms with Crippen LogP contribution in [0.25, 0.3) is 10.8 Å². The molecule has 6 unspecified atom stereocenters. The van der Waals surface area contributed by atoms with E-state index in [9.17, 15) is 20.3 Å². The van der Waals surface area contributed by atoms with Crippen molar-refractivity contribution in [2.24, 2.45) is 28.8 Å². The third kappa shape index (κ3) is 9.60. The first-order valence-corrected chi connectivity index (χ1v) is 24.6. The predicted octanol–water partition coefficient (Wildman–Crippen LogP) is 10.5. The van der Waals surface area contributed by atoms with Crippen LogP contribution in [0.3, 0.4) is 0 Å². The normalized spacial score (nSPS) is 23.4. The highest BCUT2D eigenvalue weighted by molar-refractivity contribution is 6.03. The fourth-order valence-electron chi connectivity index (χ4n) is 11.1. The van der Waals surface area contributed by atoms with Gasteiger partial charge in [-0.1, -0.05) is 66.5 Å². The van der Waals surface area contributed by atoms with E-state index < -0.39 is 22.7 Å². The zero-order valence-electron chi connectivity index (χ0n) is 39.2. The molecule has 14 heteroatoms. The van der Waals surface area contributed by atoms with Gasteiger partial charge in [0.2, 0.25) is 18.5 Å². The van der Waals surface area contributed by atoms with Gasteiger partial charge in [-0.15, -0.1) is 6.58 Å². The van der Waals surface area contributed by atoms with Crippen LogP contribution in [0.1, 0.15) is 80.4 Å². The van der Waals surface area contributed by atoms with Gasteiger partial charge in [0.25, 0.3) is 5.69 Å². The number of allylic oxidation sites excluding steroid dienone is 1. The van der Waals surface area contributed by atoms with E-state index in [0.717, 1.165) is 66.0 Å². The number of carbonyl (C=O) groups excluding carboxylic acids is 1. The summed E-state index contributed by atoms with van der Waals surface area (Å²) in [6.45, 7) is 4.74. The SMILES string of the molecule is C=CCOC12Oc3ccc(Oc4ccc5ccccc5c4)cc3C3C(CCCCO)C(CCCCO)C=C(C(=NOCc4ccc([N+](=O)[O-])cc4)CC1N(Cc1ccc4c(c1)OCO4)C(=O)C1CC1)C32. The van der Waals surface area contributed by atoms with Crippen LogP contribution in [0.5, 0.6) is 28.7 Å². The summed E-state index contributed by atoms with van der Waals surface area (Å²) < 4.78 is 32.9. The molecule has 2 N–H and O–H groups in total. The van der Waals surface area contributed by atoms with Gasteiger partial charge in [0.1, 0.15) is 29.9 Å². The Labute approximate surface area is 407 Å². The first-order valence-electron chi connectivity index (χ1n) is 24.6. The van der Waals surface area contributed by atoms with Crippen molar-refractivity contribution in [3.8, 4) is 28.7 Å². The van der Waals surface area contributed by atoms with Crippen LogP contribution < -0.4 is 18.9 Å². The summed E-state index contributed by atoms with van der Waals surface area (Å²) in [6.07, 6.45) is 10.2. The average molecular weight is 950 g/mol. The van der Waals surface area contributed by atoms with Gasteiger partial charge in [-0.3, -0.25) is 14.9 Å². The van der Waals surface area contributed by atoms with E-state index in [-0.39, 0.29) is 81.5 Å². The molecule has 10 rings (SSSR count). The number of carbonyl (C=O) groups is 1. The number of oxime groups is 1. The third-order valence-electron chi connectivity index (χ3n) is 14.5. The smallest absolute Gasteiger partial charge is 0.269 e. The Balaban J connectivity index is 1.14. The lowest BCUT2D eigenvalue weighted by Crippen LogP contribution is -2.70. The average Bonchev–Trinajstić information content (AvgIpc) is 4.13. The number of non-ortho nitro benzene ring substituents is 1. The summed E-state index contributed by atoms with van der Waals surface area (Å²) in [5, 5.41) is 38.7. The molecule has 2 heterocycles. The highest BCUT2D eigenvalue weighted by Crippen LogP contribution is 2.62. The molecule has 0 spiro atoms. The largest absolute Gasteiger partial charge is 0.459 e. The molecule has 0 bridgehead atoms. The lowest BCUT2D eigenvalue weighted by Gasteiger charge is -2.60. The number of hydrogen-bond acceptors (Lipinski definition) is 12. The van der Waals surface area contributed by atoms with E-state index in [4.69, 9.17) is 33.7 Å². The molecule has 5 aromatic rings. The zero-order valence-corrected chi connectivity index (χ0v) is 39.2. The molecule has 0 aromatic heterocycles. The molecule has 364 valence electrons. The number of nitro groups is 1. The number of benzene rings is 5. The number of unbranched alkanes of at least 4 members (excludes halogenated alkanes) is 2. The maximum atomic E-state index is 15.1. The summed E-state index contributed by atoms with van der Waals surface area (Å²) >= 11 is 0. The second-order valence-corrected chi connectivity index (χ2v) is 19.0. The highest BCUT2D eigenvalue weighted by atomic mass is 16.7. The number of hydrogen-bond donors (Lipinski definition) is 2. The van der Waals surface area contributed by atoms with Gasteiger partial charge in [0, 0.05) is 55.7 Å². The maximum Gasteiger partial charge on any atom is 0.269 e. The molecule has 70 heavy (non-hydrogen) atoms. The predicted molar refractivity (Wildman–Crippen MR) is 263 cm³/mol. The van der Waals surface area contributed by atoms with Crippen LogP contribution >= 0.6 is 0 Å². The molecule has 2 aliphatic heterocycles. The van der Waals surface area contributed by atoms with Crippen LogP contribution in [-0.2, 0) is 27.5 Å². The molecule has 0 saturated heterocycles. The first-order chi connectivity index (χ1) is 34.3. The van der Waals surface area contributed by atoms with Crippen molar-refractivity contribution in [2.75, 3.05) is 26.6 Å². The van der Waals surface area contributed by atoms with E-state index in [1.54, 1.807) is 18.2 Å². The number of ether oxygens (including phenoxy) is 5. The topological polar surface area (TPSA) is 172 Å². The number of nitrogens with zero attached hydrogens (tertiary/aromatic N) is 3. The number of nitro benzene ring substituents is 1. The maximum absolute atomic E-state index is 15.1. The van der Waals surface area contributed by atoms with Crippen LogP contribution in [0.15, 0.2) is 133 Å². The minimum Gasteiger partial charge on any atom is -0.459 e. The lowest BCUT2D eigenvalue weighted by molar-refractivity contribution is -0.384. The van der Waals surface area contributed by atoms with Crippen LogP contribution in [0.4, 0.5) is 5.69 Å². The van der Waals surface area contributed by atoms with Crippen LogP contribution in [0.2, 0.25) is 0 Å². The molecule has 2 saturated carbocycles. The summed E-state index contributed by atoms with van der Waals surface area (Å²) in [4.78, 5) is 34.3. The fourth-order valence-corrected chi connectivity index (χ4v) is 11.1. The molecular weight excluding hydrogens is 891 g/mol. The molecule has 3 aliphatic carbocycles. The number of fused-ring (bicyclic) bond motifs is 4. The molecular formula is C56H59N3O11. The van der Waals surface area contributed by atoms with Crippen molar-refractivity contribution in [1.29, 1.82) is 0 Å². The molecule has 5 aromatic carbocycles. The van der Waals surface area contributed by atoms with Gasteiger partial charge in [-0.25, -0.2) is 0 Å². The Bertz CT molecular complexity index is 2790. The first kappa shape index (κ1) is 47.0. The Morgan fingerprint density at radius 3 is 2.36 bits per heavy atom. The Kier molecular flexibility index (Phi) is 13.9. The van der Waals surface area contributed by atoms with Crippen LogP contribution in [-0.4, -0.2) is 70.1 Å². The molecule has 14 nitrogen and oxygen atoms in total. The summed E-state index contributed by atoms with van der Waals surface area (Å²) in [5.41, 5.74) is 4.02. The second-order valence-electron chi connectivity index (χ2n) is 19.0. The molecule has 2 fully saturated rings. The van der Waals surface area contributed by atoms with Crippen molar-refractivity contribution in [3.63, 3.8) is 0 Å². The van der Waals surface area contributed by atoms with E-state index in [0.29, 0.717) is 52.9 Å². The van der Waals surface area contributed by atoms with Crippen LogP contribution in [0, 0.1) is 33.8 Å². The molecule has 0 radical (unpaired) electrons. The summed E-state index contributed by atoms with van der Waals surface area (Å²) in [6, 6.07) is 31.4. The van der Waals surface area contributed by atoms with Gasteiger partial charge in [-0.05, 0) is 132 Å². The monoisotopic (exact) mass is 949 g/mol. The molecule has 5 aliphatic rings. The molecule has 1 amide bonds. The van der Waals surface area contributed by atoms with Gasteiger partial charge < -0.3 is 43.6 Å². The van der Waals surface area contributed by atoms with Crippen molar-refractivity contribution in [1.82, 2.24) is 4.90 Å². The zero-order chi connectivity index (χ0) is 48.2. The van der Waals surface area contributed by atoms with Crippen molar-refractivity contribution < 1.29 is 48.5 Å². The van der Waals surface area contributed by atoms with E-state index in [2.05, 4.69) is 36.9 Å². The Morgan fingerprint density at radius 1 is 0.857 bits per heavy atom. The van der Waals surface area contributed by atoms with Gasteiger partial charge >= 0.3 is 0 Å². The lowest BCUT2D eigenvalue weighted by atomic mass is 9.55. The third-order valence-corrected chi connectivity index (χ3v) is 14.5. The number of amides is 1. The number of rotatable bonds is 21. The van der Waals surface area contributed by atoms with Crippen molar-refractivity contribution in [3.05, 3.63) is 154 Å². The van der Waals surface area contributed by atoms with Gasteiger partial charge in [0.15, 0.2) is 11.5 Å². The standard InChI is InChI=1S/C56H59N3O11/c1-2-27-67-56-52(58(55(62)39-16-17-39)33-37-15-23-50-51(28-37)66-35-65-50)32-48(57-68-34-36-13-19-42(20-14-36)59(63)64)46-30-41(11-5-7-25-60)45(12-6-8-26-61)53(54(46)56)47-31-44(22-24-49(47)70-56)69-43-21-18-38-9-3-4-10-40(38)29-43/h2-4,9-10,13-15,18-24,28-31,39,41,45,52-54,60-61H,1,5-8,11-12,16-17,25-27,32-35H2. The van der Waals surface area contributed by atoms with Crippen molar-refractivity contribution in [2.45, 2.75) is 88.7 Å². The summed E-state index contributed by atoms with van der Waals surface area (Å²) in [5.74, 6) is 0.802. The number of aliphatic hydroxyl groups excluding tert-OH is 2. The van der Waals surface area contributed by atoms with Crippen molar-refractivity contribution >= 4 is 28.1 Å². The molecule has 6 atom stereocenters. The quantitative estimate of drug-likeness (QED) is 0.0310. The summed E-state index contributed by atoms with van der Waals surface area (Å²) in [7, 11) is 0. The fraction of sp³-hybridized carbons (Fsp3) is 0.393. The number of aliphatic hydroxyl groups is 2. The Hall–Kier alpha value is -6.74. The minimum absolute atomic E-state index is 0.00624. The minimum atomic E-state index is -1.46. The second kappa shape index (κ2) is 20.7. The van der Waals surface area contributed by atoms with E-state index >= 15 is 4.79 Å². The van der Waals surface area contributed by atoms with E-state index in [1.165, 1.54) is 12.1 Å². The van der Waals surface area contributed by atoms with Gasteiger partial charge in [-0.2, -0.15) is 0 Å². The van der Waals surface area contributed by atoms with E-state index in [1.807, 2.05) is 59.5 Å². The highest BCUT2D eigenvalue weighted by Gasteiger charge is 2.66. The Morgan fingerprint density at radius 2 is 1.59 bits per heavy atom. The van der Waals surface area contributed by atoms with Gasteiger partial charge in [0.05, 0.1) is 23.2 Å².